The van der Waals surface area contributed by atoms with Crippen molar-refractivity contribution in [2.75, 3.05) is 13.7 Å². The lowest BCUT2D eigenvalue weighted by molar-refractivity contribution is 0.301. The SMILES string of the molecule is CCOc1cc(Br)cc(F)c1OC. The first-order valence-electron chi connectivity index (χ1n) is 3.84. The van der Waals surface area contributed by atoms with E-state index in [1.54, 1.807) is 6.07 Å². The van der Waals surface area contributed by atoms with Gasteiger partial charge < -0.3 is 9.47 Å². The van der Waals surface area contributed by atoms with Crippen molar-refractivity contribution in [3.05, 3.63) is 22.4 Å². The molecule has 0 aliphatic carbocycles. The molecule has 0 aliphatic rings. The Morgan fingerprint density at radius 2 is 2.15 bits per heavy atom. The van der Waals surface area contributed by atoms with Gasteiger partial charge in [0.05, 0.1) is 13.7 Å². The Balaban J connectivity index is 3.13. The van der Waals surface area contributed by atoms with Crippen molar-refractivity contribution in [1.29, 1.82) is 0 Å². The molecular weight excluding hydrogens is 239 g/mol. The summed E-state index contributed by atoms with van der Waals surface area (Å²) in [7, 11) is 1.41. The van der Waals surface area contributed by atoms with Crippen LogP contribution in [0, 0.1) is 5.82 Å². The predicted octanol–water partition coefficient (Wildman–Crippen LogP) is 3.00. The van der Waals surface area contributed by atoms with Gasteiger partial charge in [-0.1, -0.05) is 15.9 Å². The van der Waals surface area contributed by atoms with Gasteiger partial charge in [-0.15, -0.1) is 0 Å². The van der Waals surface area contributed by atoms with Crippen LogP contribution < -0.4 is 9.47 Å². The zero-order chi connectivity index (χ0) is 9.84. The van der Waals surface area contributed by atoms with E-state index in [4.69, 9.17) is 9.47 Å². The van der Waals surface area contributed by atoms with Gasteiger partial charge in [-0.2, -0.15) is 0 Å². The van der Waals surface area contributed by atoms with Crippen molar-refractivity contribution < 1.29 is 13.9 Å². The highest BCUT2D eigenvalue weighted by Gasteiger charge is 2.11. The Labute approximate surface area is 84.8 Å². The van der Waals surface area contributed by atoms with Crippen LogP contribution in [0.15, 0.2) is 16.6 Å². The Morgan fingerprint density at radius 3 is 2.69 bits per heavy atom. The molecular formula is C9H10BrFO2. The molecule has 0 bridgehead atoms. The highest BCUT2D eigenvalue weighted by atomic mass is 79.9. The minimum atomic E-state index is -0.430. The third-order valence-corrected chi connectivity index (χ3v) is 1.94. The standard InChI is InChI=1S/C9H10BrFO2/c1-3-13-8-5-6(10)4-7(11)9(8)12-2/h4-5H,3H2,1-2H3. The number of hydrogen-bond acceptors (Lipinski definition) is 2. The van der Waals surface area contributed by atoms with Gasteiger partial charge in [0.15, 0.2) is 17.3 Å². The summed E-state index contributed by atoms with van der Waals surface area (Å²) in [5, 5.41) is 0. The smallest absolute Gasteiger partial charge is 0.196 e. The lowest BCUT2D eigenvalue weighted by Crippen LogP contribution is -1.97. The Kier molecular flexibility index (Phi) is 3.54. The molecule has 0 aliphatic heterocycles. The molecule has 4 heteroatoms. The third kappa shape index (κ3) is 2.34. The molecule has 0 heterocycles. The van der Waals surface area contributed by atoms with Crippen molar-refractivity contribution >= 4 is 15.9 Å². The minimum Gasteiger partial charge on any atom is -0.490 e. The maximum atomic E-state index is 13.2. The third-order valence-electron chi connectivity index (χ3n) is 1.48. The van der Waals surface area contributed by atoms with Crippen molar-refractivity contribution in [2.45, 2.75) is 6.92 Å². The molecule has 0 fully saturated rings. The van der Waals surface area contributed by atoms with Gasteiger partial charge >= 0.3 is 0 Å². The van der Waals surface area contributed by atoms with Gasteiger partial charge in [0, 0.05) is 4.47 Å². The Bertz CT molecular complexity index is 302. The van der Waals surface area contributed by atoms with Crippen LogP contribution in [-0.2, 0) is 0 Å². The van der Waals surface area contributed by atoms with E-state index in [1.165, 1.54) is 13.2 Å². The van der Waals surface area contributed by atoms with Gasteiger partial charge in [-0.05, 0) is 19.1 Å². The van der Waals surface area contributed by atoms with Crippen molar-refractivity contribution in [2.24, 2.45) is 0 Å². The summed E-state index contributed by atoms with van der Waals surface area (Å²) in [6, 6.07) is 3.01. The van der Waals surface area contributed by atoms with Crippen molar-refractivity contribution in [3.8, 4) is 11.5 Å². The van der Waals surface area contributed by atoms with E-state index in [0.717, 1.165) is 0 Å². The molecule has 0 aromatic heterocycles. The second kappa shape index (κ2) is 4.46. The fraction of sp³-hybridized carbons (Fsp3) is 0.333. The van der Waals surface area contributed by atoms with Crippen LogP contribution in [0.5, 0.6) is 11.5 Å². The highest BCUT2D eigenvalue weighted by Crippen LogP contribution is 2.33. The number of rotatable bonds is 3. The molecule has 0 N–H and O–H groups in total. The molecule has 1 aromatic carbocycles. The summed E-state index contributed by atoms with van der Waals surface area (Å²) >= 11 is 3.17. The maximum Gasteiger partial charge on any atom is 0.196 e. The summed E-state index contributed by atoms with van der Waals surface area (Å²) in [5.74, 6) is 0.127. The summed E-state index contributed by atoms with van der Waals surface area (Å²) in [5.41, 5.74) is 0. The van der Waals surface area contributed by atoms with Gasteiger partial charge in [0.25, 0.3) is 0 Å². The number of halogens is 2. The summed E-state index contributed by atoms with van der Waals surface area (Å²) in [4.78, 5) is 0. The van der Waals surface area contributed by atoms with Crippen LogP contribution in [-0.4, -0.2) is 13.7 Å². The minimum absolute atomic E-state index is 0.144. The van der Waals surface area contributed by atoms with Crippen LogP contribution in [0.25, 0.3) is 0 Å². The van der Waals surface area contributed by atoms with Gasteiger partial charge in [-0.3, -0.25) is 0 Å². The average molecular weight is 249 g/mol. The van der Waals surface area contributed by atoms with Gasteiger partial charge in [0.2, 0.25) is 0 Å². The number of methoxy groups -OCH3 is 1. The van der Waals surface area contributed by atoms with E-state index in [0.29, 0.717) is 16.8 Å². The predicted molar refractivity (Wildman–Crippen MR) is 51.8 cm³/mol. The van der Waals surface area contributed by atoms with Crippen LogP contribution in [0.4, 0.5) is 4.39 Å². The quantitative estimate of drug-likeness (QED) is 0.819. The summed E-state index contributed by atoms with van der Waals surface area (Å²) in [6.07, 6.45) is 0. The van der Waals surface area contributed by atoms with E-state index in [2.05, 4.69) is 15.9 Å². The maximum absolute atomic E-state index is 13.2. The molecule has 0 unspecified atom stereocenters. The largest absolute Gasteiger partial charge is 0.490 e. The molecule has 0 spiro atoms. The fourth-order valence-electron chi connectivity index (χ4n) is 0.998. The molecule has 0 radical (unpaired) electrons. The van der Waals surface area contributed by atoms with Gasteiger partial charge in [-0.25, -0.2) is 4.39 Å². The molecule has 72 valence electrons. The molecule has 13 heavy (non-hydrogen) atoms. The topological polar surface area (TPSA) is 18.5 Å². The second-order valence-corrected chi connectivity index (χ2v) is 3.27. The van der Waals surface area contributed by atoms with Crippen LogP contribution in [0.1, 0.15) is 6.92 Å². The monoisotopic (exact) mass is 248 g/mol. The van der Waals surface area contributed by atoms with E-state index >= 15 is 0 Å². The first kappa shape index (κ1) is 10.3. The van der Waals surface area contributed by atoms with E-state index < -0.39 is 5.82 Å². The van der Waals surface area contributed by atoms with E-state index in [-0.39, 0.29) is 5.75 Å². The summed E-state index contributed by atoms with van der Waals surface area (Å²) < 4.78 is 23.9. The molecule has 1 aromatic rings. The van der Waals surface area contributed by atoms with Crippen LogP contribution in [0.3, 0.4) is 0 Å². The highest BCUT2D eigenvalue weighted by molar-refractivity contribution is 9.10. The fourth-order valence-corrected chi connectivity index (χ4v) is 1.41. The van der Waals surface area contributed by atoms with Crippen LogP contribution in [0.2, 0.25) is 0 Å². The van der Waals surface area contributed by atoms with Crippen molar-refractivity contribution in [3.63, 3.8) is 0 Å². The number of hydrogen-bond donors (Lipinski definition) is 0. The van der Waals surface area contributed by atoms with E-state index in [9.17, 15) is 4.39 Å². The molecule has 0 atom stereocenters. The van der Waals surface area contributed by atoms with E-state index in [1.807, 2.05) is 6.92 Å². The molecule has 0 amide bonds. The average Bonchev–Trinajstić information content (AvgIpc) is 2.04. The number of benzene rings is 1. The molecule has 1 rings (SSSR count). The lowest BCUT2D eigenvalue weighted by Gasteiger charge is -2.09. The molecule has 0 saturated carbocycles. The molecule has 0 saturated heterocycles. The zero-order valence-corrected chi connectivity index (χ0v) is 9.02. The zero-order valence-electron chi connectivity index (χ0n) is 7.43. The molecule has 2 nitrogen and oxygen atoms in total. The van der Waals surface area contributed by atoms with Crippen LogP contribution >= 0.6 is 15.9 Å². The lowest BCUT2D eigenvalue weighted by atomic mass is 10.3. The Hall–Kier alpha value is -0.770. The normalized spacial score (nSPS) is 9.85. The Morgan fingerprint density at radius 1 is 1.46 bits per heavy atom. The second-order valence-electron chi connectivity index (χ2n) is 2.35. The summed E-state index contributed by atoms with van der Waals surface area (Å²) in [6.45, 7) is 2.31. The van der Waals surface area contributed by atoms with Crippen molar-refractivity contribution in [1.82, 2.24) is 0 Å². The van der Waals surface area contributed by atoms with Gasteiger partial charge in [0.1, 0.15) is 0 Å². The first-order valence-corrected chi connectivity index (χ1v) is 4.64. The number of ether oxygens (including phenoxy) is 2. The first-order chi connectivity index (χ1) is 6.19.